The van der Waals surface area contributed by atoms with Crippen molar-refractivity contribution >= 4 is 21.8 Å². The molecule has 18 heavy (non-hydrogen) atoms. The first-order chi connectivity index (χ1) is 8.50. The topological polar surface area (TPSA) is 84.6 Å². The molecule has 0 heterocycles. The molecule has 4 fully saturated rings. The molecule has 4 aliphatic rings. The lowest BCUT2D eigenvalue weighted by molar-refractivity contribution is -0.132. The van der Waals surface area contributed by atoms with E-state index in [2.05, 4.69) is 20.9 Å². The molecule has 0 spiro atoms. The maximum absolute atomic E-state index is 10.5. The molecule has 0 aromatic rings. The van der Waals surface area contributed by atoms with E-state index in [0.717, 1.165) is 19.3 Å². The van der Waals surface area contributed by atoms with Crippen LogP contribution in [0.15, 0.2) is 15.7 Å². The van der Waals surface area contributed by atoms with E-state index in [1.165, 1.54) is 19.0 Å². The Labute approximate surface area is 116 Å². The number of aliphatic hydroxyl groups is 1. The monoisotopic (exact) mass is 313 g/mol. The minimum atomic E-state index is -0.405. The fourth-order valence-corrected chi connectivity index (χ4v) is 4.58. The van der Waals surface area contributed by atoms with Crippen molar-refractivity contribution in [2.45, 2.75) is 43.7 Å². The summed E-state index contributed by atoms with van der Waals surface area (Å²) in [5.74, 6) is 2.19. The van der Waals surface area contributed by atoms with Gasteiger partial charge in [-0.15, -0.1) is 0 Å². The van der Waals surface area contributed by atoms with Crippen LogP contribution in [0, 0.1) is 17.8 Å². The molecule has 4 saturated carbocycles. The Morgan fingerprint density at radius 3 is 2.39 bits per heavy atom. The van der Waals surface area contributed by atoms with Gasteiger partial charge in [0.1, 0.15) is 5.84 Å². The Bertz CT molecular complexity index is 404. The second kappa shape index (κ2) is 4.23. The highest BCUT2D eigenvalue weighted by molar-refractivity contribution is 9.12. The molecular formula is C13H20BrN3O. The SMILES string of the molecule is N/C=C(/Br)C(N)=NC1C2CC3CC1CC(O)(C3)C2. The zero-order chi connectivity index (χ0) is 12.9. The van der Waals surface area contributed by atoms with Gasteiger partial charge in [-0.05, 0) is 65.8 Å². The summed E-state index contributed by atoms with van der Waals surface area (Å²) in [7, 11) is 0. The number of hydrogen-bond donors (Lipinski definition) is 3. The van der Waals surface area contributed by atoms with Crippen LogP contribution in [-0.2, 0) is 0 Å². The van der Waals surface area contributed by atoms with Crippen molar-refractivity contribution < 1.29 is 5.11 Å². The van der Waals surface area contributed by atoms with Gasteiger partial charge in [-0.3, -0.25) is 4.99 Å². The third kappa shape index (κ3) is 1.97. The summed E-state index contributed by atoms with van der Waals surface area (Å²) in [5.41, 5.74) is 11.0. The Kier molecular flexibility index (Phi) is 2.94. The minimum absolute atomic E-state index is 0.273. The number of amidine groups is 1. The molecule has 100 valence electrons. The molecular weight excluding hydrogens is 294 g/mol. The minimum Gasteiger partial charge on any atom is -0.404 e. The van der Waals surface area contributed by atoms with Crippen LogP contribution in [0.2, 0.25) is 0 Å². The van der Waals surface area contributed by atoms with Gasteiger partial charge < -0.3 is 16.6 Å². The van der Waals surface area contributed by atoms with Crippen LogP contribution in [-0.4, -0.2) is 22.6 Å². The first-order valence-corrected chi connectivity index (χ1v) is 7.43. The summed E-state index contributed by atoms with van der Waals surface area (Å²) >= 11 is 3.31. The second-order valence-corrected chi connectivity index (χ2v) is 7.07. The molecule has 0 saturated heterocycles. The summed E-state index contributed by atoms with van der Waals surface area (Å²) in [6.45, 7) is 0. The van der Waals surface area contributed by atoms with Gasteiger partial charge in [0.25, 0.3) is 0 Å². The molecule has 0 aromatic carbocycles. The van der Waals surface area contributed by atoms with Gasteiger partial charge in [0.2, 0.25) is 0 Å². The molecule has 2 unspecified atom stereocenters. The van der Waals surface area contributed by atoms with Gasteiger partial charge in [0.15, 0.2) is 0 Å². The maximum atomic E-state index is 10.5. The molecule has 4 rings (SSSR count). The van der Waals surface area contributed by atoms with Crippen LogP contribution in [0.1, 0.15) is 32.1 Å². The molecule has 4 bridgehead atoms. The summed E-state index contributed by atoms with van der Waals surface area (Å²) in [6.07, 6.45) is 6.62. The zero-order valence-electron chi connectivity index (χ0n) is 10.3. The fourth-order valence-electron chi connectivity index (χ4n) is 4.47. The summed E-state index contributed by atoms with van der Waals surface area (Å²) in [4.78, 5) is 4.67. The molecule has 2 atom stereocenters. The Hall–Kier alpha value is -0.550. The lowest BCUT2D eigenvalue weighted by Gasteiger charge is -2.56. The van der Waals surface area contributed by atoms with Crippen molar-refractivity contribution in [3.05, 3.63) is 10.7 Å². The molecule has 4 aliphatic carbocycles. The number of nitrogens with two attached hydrogens (primary N) is 2. The smallest absolute Gasteiger partial charge is 0.134 e. The van der Waals surface area contributed by atoms with Crippen LogP contribution in [0.4, 0.5) is 0 Å². The van der Waals surface area contributed by atoms with Crippen molar-refractivity contribution in [1.82, 2.24) is 0 Å². The van der Waals surface area contributed by atoms with Crippen molar-refractivity contribution in [3.63, 3.8) is 0 Å². The van der Waals surface area contributed by atoms with Crippen LogP contribution in [0.3, 0.4) is 0 Å². The van der Waals surface area contributed by atoms with E-state index in [9.17, 15) is 5.11 Å². The van der Waals surface area contributed by atoms with E-state index in [0.29, 0.717) is 28.1 Å². The Morgan fingerprint density at radius 2 is 1.89 bits per heavy atom. The van der Waals surface area contributed by atoms with E-state index in [1.807, 2.05) is 0 Å². The third-order valence-electron chi connectivity index (χ3n) is 4.87. The molecule has 5 heteroatoms. The number of halogens is 1. The van der Waals surface area contributed by atoms with Crippen LogP contribution >= 0.6 is 15.9 Å². The quantitative estimate of drug-likeness (QED) is 0.533. The first kappa shape index (κ1) is 12.5. The number of rotatable bonds is 2. The Balaban J connectivity index is 1.83. The lowest BCUT2D eigenvalue weighted by Crippen LogP contribution is -2.56. The molecule has 5 N–H and O–H groups in total. The zero-order valence-corrected chi connectivity index (χ0v) is 11.9. The van der Waals surface area contributed by atoms with Crippen LogP contribution < -0.4 is 11.5 Å². The van der Waals surface area contributed by atoms with Crippen LogP contribution in [0.5, 0.6) is 0 Å². The molecule has 0 amide bonds. The van der Waals surface area contributed by atoms with E-state index >= 15 is 0 Å². The largest absolute Gasteiger partial charge is 0.404 e. The van der Waals surface area contributed by atoms with Gasteiger partial charge in [0, 0.05) is 6.20 Å². The average molecular weight is 314 g/mol. The normalized spacial score (nSPS) is 47.7. The predicted octanol–water partition coefficient (Wildman–Crippen LogP) is 1.48. The second-order valence-electron chi connectivity index (χ2n) is 6.21. The lowest BCUT2D eigenvalue weighted by atomic mass is 9.52. The van der Waals surface area contributed by atoms with Crippen LogP contribution in [0.25, 0.3) is 0 Å². The van der Waals surface area contributed by atoms with Gasteiger partial charge in [-0.2, -0.15) is 0 Å². The summed E-state index contributed by atoms with van der Waals surface area (Å²) in [5, 5.41) is 10.5. The van der Waals surface area contributed by atoms with E-state index in [-0.39, 0.29) is 6.04 Å². The number of hydrogen-bond acceptors (Lipinski definition) is 3. The summed E-state index contributed by atoms with van der Waals surface area (Å²) in [6, 6.07) is 0.273. The predicted molar refractivity (Wildman–Crippen MR) is 75.1 cm³/mol. The number of nitrogens with zero attached hydrogens (tertiary/aromatic N) is 1. The third-order valence-corrected chi connectivity index (χ3v) is 5.54. The average Bonchev–Trinajstić information content (AvgIpc) is 2.30. The fraction of sp³-hybridized carbons (Fsp3) is 0.769. The molecule has 4 nitrogen and oxygen atoms in total. The summed E-state index contributed by atoms with van der Waals surface area (Å²) < 4.78 is 0.662. The highest BCUT2D eigenvalue weighted by Crippen LogP contribution is 2.56. The maximum Gasteiger partial charge on any atom is 0.134 e. The van der Waals surface area contributed by atoms with E-state index < -0.39 is 5.60 Å². The van der Waals surface area contributed by atoms with E-state index in [4.69, 9.17) is 11.5 Å². The first-order valence-electron chi connectivity index (χ1n) is 6.64. The molecule has 0 aliphatic heterocycles. The Morgan fingerprint density at radius 1 is 1.28 bits per heavy atom. The number of aliphatic imine (C=N–C) groups is 1. The van der Waals surface area contributed by atoms with Gasteiger partial charge in [-0.1, -0.05) is 0 Å². The van der Waals surface area contributed by atoms with E-state index in [1.54, 1.807) is 0 Å². The van der Waals surface area contributed by atoms with Gasteiger partial charge in [0.05, 0.1) is 16.1 Å². The van der Waals surface area contributed by atoms with Gasteiger partial charge >= 0.3 is 0 Å². The molecule has 0 radical (unpaired) electrons. The van der Waals surface area contributed by atoms with Crippen molar-refractivity contribution in [2.24, 2.45) is 34.2 Å². The van der Waals surface area contributed by atoms with Gasteiger partial charge in [-0.25, -0.2) is 0 Å². The highest BCUT2D eigenvalue weighted by atomic mass is 79.9. The van der Waals surface area contributed by atoms with Crippen molar-refractivity contribution in [1.29, 1.82) is 0 Å². The highest BCUT2D eigenvalue weighted by Gasteiger charge is 2.54. The van der Waals surface area contributed by atoms with Crippen molar-refractivity contribution in [2.75, 3.05) is 0 Å². The molecule has 0 aromatic heterocycles. The van der Waals surface area contributed by atoms with Crippen molar-refractivity contribution in [3.8, 4) is 0 Å². The standard InChI is InChI=1S/C13H20BrN3O/c14-10(6-15)12(16)17-11-8-1-7-2-9(11)5-13(18,3-7)4-8/h6-9,11,18H,1-5,15H2,(H2,16,17)/b10-6+.